The van der Waals surface area contributed by atoms with Crippen LogP contribution in [0.5, 0.6) is 5.75 Å². The standard InChI is InChI=1S/C12H11N4O3S/c1-19-10-8-9(15-13)5-6-11(10)20(17,18)16-12-4-2-3-7-14-12/h2-8H,1H3,(H,14,16)/q+1. The molecule has 0 aliphatic rings. The minimum atomic E-state index is -3.84. The number of ether oxygens (including phenoxy) is 1. The lowest BCUT2D eigenvalue weighted by Gasteiger charge is -2.09. The van der Waals surface area contributed by atoms with Crippen LogP contribution in [0.15, 0.2) is 47.5 Å². The highest BCUT2D eigenvalue weighted by Gasteiger charge is 2.22. The Kier molecular flexibility index (Phi) is 3.81. The van der Waals surface area contributed by atoms with Crippen LogP contribution >= 0.6 is 0 Å². The molecule has 0 aliphatic heterocycles. The fourth-order valence-electron chi connectivity index (χ4n) is 1.56. The first-order valence-corrected chi connectivity index (χ1v) is 7.02. The van der Waals surface area contributed by atoms with E-state index in [1.807, 2.05) is 0 Å². The van der Waals surface area contributed by atoms with Crippen LogP contribution in [0.1, 0.15) is 0 Å². The zero-order valence-electron chi connectivity index (χ0n) is 10.5. The summed E-state index contributed by atoms with van der Waals surface area (Å²) in [7, 11) is -2.51. The van der Waals surface area contributed by atoms with Crippen molar-refractivity contribution in [2.24, 2.45) is 0 Å². The van der Waals surface area contributed by atoms with Gasteiger partial charge in [-0.1, -0.05) is 6.07 Å². The van der Waals surface area contributed by atoms with Gasteiger partial charge in [0.25, 0.3) is 10.0 Å². The zero-order valence-corrected chi connectivity index (χ0v) is 11.3. The van der Waals surface area contributed by atoms with E-state index in [1.54, 1.807) is 12.1 Å². The second-order valence-corrected chi connectivity index (χ2v) is 5.41. The molecule has 1 aromatic heterocycles. The largest absolute Gasteiger partial charge is 0.495 e. The van der Waals surface area contributed by atoms with Gasteiger partial charge in [-0.05, 0) is 18.2 Å². The van der Waals surface area contributed by atoms with E-state index in [0.29, 0.717) is 0 Å². The van der Waals surface area contributed by atoms with E-state index in [1.165, 1.54) is 37.6 Å². The lowest BCUT2D eigenvalue weighted by Crippen LogP contribution is -2.14. The first-order valence-electron chi connectivity index (χ1n) is 5.54. The molecule has 0 bridgehead atoms. The van der Waals surface area contributed by atoms with Crippen molar-refractivity contribution in [2.45, 2.75) is 4.90 Å². The number of anilines is 1. The van der Waals surface area contributed by atoms with Gasteiger partial charge < -0.3 is 4.74 Å². The average Bonchev–Trinajstić information content (AvgIpc) is 2.47. The summed E-state index contributed by atoms with van der Waals surface area (Å²) in [6.07, 6.45) is 1.48. The molecule has 0 saturated heterocycles. The summed E-state index contributed by atoms with van der Waals surface area (Å²) in [5, 5.41) is 8.68. The van der Waals surface area contributed by atoms with Crippen LogP contribution in [0, 0.1) is 5.39 Å². The number of pyridine rings is 1. The van der Waals surface area contributed by atoms with Gasteiger partial charge in [-0.25, -0.2) is 13.4 Å². The van der Waals surface area contributed by atoms with Crippen LogP contribution in [-0.4, -0.2) is 20.5 Å². The molecule has 102 valence electrons. The van der Waals surface area contributed by atoms with E-state index in [0.717, 1.165) is 0 Å². The normalized spacial score (nSPS) is 10.6. The molecule has 8 heteroatoms. The molecule has 0 unspecified atom stereocenters. The summed E-state index contributed by atoms with van der Waals surface area (Å²) in [5.41, 5.74) is 0.193. The maximum absolute atomic E-state index is 12.3. The minimum Gasteiger partial charge on any atom is -0.495 e. The molecule has 0 aliphatic carbocycles. The number of nitrogens with one attached hydrogen (secondary N) is 1. The van der Waals surface area contributed by atoms with Crippen LogP contribution < -0.4 is 9.46 Å². The highest BCUT2D eigenvalue weighted by Crippen LogP contribution is 2.29. The number of sulfonamides is 1. The van der Waals surface area contributed by atoms with Crippen molar-refractivity contribution in [3.05, 3.63) is 47.6 Å². The second-order valence-electron chi connectivity index (χ2n) is 3.76. The Morgan fingerprint density at radius 1 is 1.30 bits per heavy atom. The van der Waals surface area contributed by atoms with E-state index >= 15 is 0 Å². The van der Waals surface area contributed by atoms with Gasteiger partial charge in [0, 0.05) is 12.3 Å². The molecule has 20 heavy (non-hydrogen) atoms. The van der Waals surface area contributed by atoms with Gasteiger partial charge in [-0.3, -0.25) is 4.72 Å². The molecular formula is C12H11N4O3S+. The fraction of sp³-hybridized carbons (Fsp3) is 0.0833. The third kappa shape index (κ3) is 2.84. The minimum absolute atomic E-state index is 0.0712. The number of hydrogen-bond acceptors (Lipinski definition) is 5. The summed E-state index contributed by atoms with van der Waals surface area (Å²) in [4.78, 5) is 6.80. The molecule has 2 rings (SSSR count). The number of hydrogen-bond donors (Lipinski definition) is 1. The Hall–Kier alpha value is -2.66. The van der Waals surface area contributed by atoms with Gasteiger partial charge in [0.2, 0.25) is 5.39 Å². The van der Waals surface area contributed by atoms with Crippen molar-refractivity contribution in [1.82, 2.24) is 4.98 Å². The average molecular weight is 291 g/mol. The van der Waals surface area contributed by atoms with Crippen molar-refractivity contribution in [3.8, 4) is 5.75 Å². The number of nitrogens with zero attached hydrogens (tertiary/aromatic N) is 3. The predicted octanol–water partition coefficient (Wildman–Crippen LogP) is 2.38. The number of methoxy groups -OCH3 is 1. The van der Waals surface area contributed by atoms with Crippen LogP contribution in [0.4, 0.5) is 11.5 Å². The Bertz CT molecular complexity index is 754. The molecule has 1 heterocycles. The Labute approximate surface area is 115 Å². The summed E-state index contributed by atoms with van der Waals surface area (Å²) in [6.45, 7) is 0. The van der Waals surface area contributed by atoms with Gasteiger partial charge in [-0.15, -0.1) is 0 Å². The highest BCUT2D eigenvalue weighted by molar-refractivity contribution is 7.92. The fourth-order valence-corrected chi connectivity index (χ4v) is 2.72. The van der Waals surface area contributed by atoms with Crippen LogP contribution in [0.25, 0.3) is 4.98 Å². The van der Waals surface area contributed by atoms with Crippen molar-refractivity contribution >= 4 is 21.5 Å². The molecular weight excluding hydrogens is 280 g/mol. The van der Waals surface area contributed by atoms with E-state index in [-0.39, 0.29) is 22.2 Å². The van der Waals surface area contributed by atoms with E-state index in [4.69, 9.17) is 10.1 Å². The summed E-state index contributed by atoms with van der Waals surface area (Å²) >= 11 is 0. The Morgan fingerprint density at radius 3 is 2.70 bits per heavy atom. The number of aromatic nitrogens is 1. The Morgan fingerprint density at radius 2 is 2.10 bits per heavy atom. The summed E-state index contributed by atoms with van der Waals surface area (Å²) < 4.78 is 31.8. The molecule has 0 radical (unpaired) electrons. The SMILES string of the molecule is COc1cc([N+]#N)ccc1S(=O)(=O)Nc1ccccn1. The first-order chi connectivity index (χ1) is 9.56. The maximum Gasteiger partial charge on any atom is 0.388 e. The number of rotatable bonds is 4. The van der Waals surface area contributed by atoms with Crippen molar-refractivity contribution < 1.29 is 13.2 Å². The maximum atomic E-state index is 12.3. The van der Waals surface area contributed by atoms with Gasteiger partial charge in [0.05, 0.1) is 13.2 Å². The molecule has 2 aromatic rings. The van der Waals surface area contributed by atoms with E-state index in [9.17, 15) is 8.42 Å². The summed E-state index contributed by atoms with van der Waals surface area (Å²) in [6, 6.07) is 8.83. The monoisotopic (exact) mass is 291 g/mol. The molecule has 0 amide bonds. The van der Waals surface area contributed by atoms with Crippen LogP contribution in [0.3, 0.4) is 0 Å². The lowest BCUT2D eigenvalue weighted by atomic mass is 10.3. The van der Waals surface area contributed by atoms with Gasteiger partial charge in [-0.2, -0.15) is 0 Å². The van der Waals surface area contributed by atoms with Gasteiger partial charge in [0.1, 0.15) is 16.5 Å². The molecule has 1 N–H and O–H groups in total. The predicted molar refractivity (Wildman–Crippen MR) is 72.8 cm³/mol. The number of diazo groups is 1. The molecule has 0 spiro atoms. The Balaban J connectivity index is 2.42. The van der Waals surface area contributed by atoms with Crippen LogP contribution in [0.2, 0.25) is 0 Å². The van der Waals surface area contributed by atoms with Crippen molar-refractivity contribution in [3.63, 3.8) is 0 Å². The molecule has 0 saturated carbocycles. The molecule has 7 nitrogen and oxygen atoms in total. The number of benzene rings is 1. The zero-order chi connectivity index (χ0) is 14.6. The van der Waals surface area contributed by atoms with Crippen molar-refractivity contribution in [1.29, 1.82) is 5.39 Å². The second kappa shape index (κ2) is 5.54. The lowest BCUT2D eigenvalue weighted by molar-refractivity contribution is 0.403. The molecule has 0 atom stereocenters. The quantitative estimate of drug-likeness (QED) is 0.872. The molecule has 1 aromatic carbocycles. The third-order valence-electron chi connectivity index (χ3n) is 2.46. The highest BCUT2D eigenvalue weighted by atomic mass is 32.2. The van der Waals surface area contributed by atoms with E-state index in [2.05, 4.69) is 14.7 Å². The first kappa shape index (κ1) is 13.8. The summed E-state index contributed by atoms with van der Waals surface area (Å²) in [5.74, 6) is 0.272. The molecule has 0 fully saturated rings. The van der Waals surface area contributed by atoms with Gasteiger partial charge in [0.15, 0.2) is 4.98 Å². The van der Waals surface area contributed by atoms with Crippen molar-refractivity contribution in [2.75, 3.05) is 11.8 Å². The van der Waals surface area contributed by atoms with E-state index < -0.39 is 10.0 Å². The van der Waals surface area contributed by atoms with Gasteiger partial charge >= 0.3 is 5.69 Å². The smallest absolute Gasteiger partial charge is 0.388 e. The topological polar surface area (TPSA) is 96.4 Å². The van der Waals surface area contributed by atoms with Crippen LogP contribution in [-0.2, 0) is 10.0 Å². The third-order valence-corrected chi connectivity index (χ3v) is 3.85.